The van der Waals surface area contributed by atoms with E-state index in [-0.39, 0.29) is 11.9 Å². The van der Waals surface area contributed by atoms with Crippen LogP contribution in [0.3, 0.4) is 0 Å². The molecule has 1 N–H and O–H groups in total. The fourth-order valence-electron chi connectivity index (χ4n) is 1.99. The van der Waals surface area contributed by atoms with E-state index in [2.05, 4.69) is 28.2 Å². The highest BCUT2D eigenvalue weighted by atomic mass is 79.9. The van der Waals surface area contributed by atoms with Gasteiger partial charge in [-0.15, -0.1) is 0 Å². The second-order valence-electron chi connectivity index (χ2n) is 4.59. The van der Waals surface area contributed by atoms with Crippen LogP contribution in [0, 0.1) is 5.82 Å². The van der Waals surface area contributed by atoms with Crippen LogP contribution in [0.1, 0.15) is 18.9 Å². The maximum Gasteiger partial charge on any atom is 0.127 e. The predicted octanol–water partition coefficient (Wildman–Crippen LogP) is 3.16. The van der Waals surface area contributed by atoms with Crippen LogP contribution < -0.4 is 5.32 Å². The molecule has 0 bridgehead atoms. The van der Waals surface area contributed by atoms with E-state index in [4.69, 9.17) is 9.47 Å². The predicted molar refractivity (Wildman–Crippen MR) is 82.6 cm³/mol. The Morgan fingerprint density at radius 2 is 2.10 bits per heavy atom. The van der Waals surface area contributed by atoms with Crippen LogP contribution in [0.4, 0.5) is 4.39 Å². The van der Waals surface area contributed by atoms with Gasteiger partial charge in [0.1, 0.15) is 5.82 Å². The minimum Gasteiger partial charge on any atom is -0.382 e. The lowest BCUT2D eigenvalue weighted by Gasteiger charge is -2.18. The van der Waals surface area contributed by atoms with E-state index in [1.54, 1.807) is 7.11 Å². The van der Waals surface area contributed by atoms with Crippen molar-refractivity contribution < 1.29 is 13.9 Å². The van der Waals surface area contributed by atoms with Crippen LogP contribution in [0.25, 0.3) is 0 Å². The lowest BCUT2D eigenvalue weighted by atomic mass is 10.0. The number of rotatable bonds is 10. The molecule has 0 saturated heterocycles. The smallest absolute Gasteiger partial charge is 0.127 e. The Morgan fingerprint density at radius 3 is 2.75 bits per heavy atom. The van der Waals surface area contributed by atoms with Gasteiger partial charge in [-0.1, -0.05) is 28.9 Å². The first kappa shape index (κ1) is 17.6. The molecule has 0 spiro atoms. The van der Waals surface area contributed by atoms with Crippen molar-refractivity contribution in [3.05, 3.63) is 34.1 Å². The SMILES string of the molecule is CCNC(CCOCCOC)Cc1ccc(Br)cc1F. The van der Waals surface area contributed by atoms with Crippen molar-refractivity contribution in [3.63, 3.8) is 0 Å². The van der Waals surface area contributed by atoms with E-state index in [0.717, 1.165) is 23.0 Å². The third-order valence-corrected chi connectivity index (χ3v) is 3.51. The summed E-state index contributed by atoms with van der Waals surface area (Å²) >= 11 is 3.27. The Hall–Kier alpha value is -0.490. The quantitative estimate of drug-likeness (QED) is 0.659. The van der Waals surface area contributed by atoms with Gasteiger partial charge in [-0.3, -0.25) is 0 Å². The number of nitrogens with one attached hydrogen (secondary N) is 1. The van der Waals surface area contributed by atoms with Crippen LogP contribution in [-0.4, -0.2) is 39.5 Å². The largest absolute Gasteiger partial charge is 0.382 e. The molecule has 114 valence electrons. The van der Waals surface area contributed by atoms with Crippen molar-refractivity contribution in [3.8, 4) is 0 Å². The van der Waals surface area contributed by atoms with Crippen molar-refractivity contribution in [2.45, 2.75) is 25.8 Å². The van der Waals surface area contributed by atoms with Gasteiger partial charge < -0.3 is 14.8 Å². The summed E-state index contributed by atoms with van der Waals surface area (Å²) in [6.45, 7) is 4.77. The van der Waals surface area contributed by atoms with Gasteiger partial charge in [0.2, 0.25) is 0 Å². The van der Waals surface area contributed by atoms with Crippen molar-refractivity contribution >= 4 is 15.9 Å². The van der Waals surface area contributed by atoms with Gasteiger partial charge >= 0.3 is 0 Å². The van der Waals surface area contributed by atoms with Crippen molar-refractivity contribution in [2.24, 2.45) is 0 Å². The molecule has 1 aromatic rings. The molecule has 0 aliphatic heterocycles. The molecule has 0 heterocycles. The summed E-state index contributed by atoms with van der Waals surface area (Å²) in [6, 6.07) is 5.43. The number of methoxy groups -OCH3 is 1. The lowest BCUT2D eigenvalue weighted by molar-refractivity contribution is 0.0658. The summed E-state index contributed by atoms with van der Waals surface area (Å²) in [5, 5.41) is 3.37. The number of hydrogen-bond acceptors (Lipinski definition) is 3. The maximum atomic E-state index is 13.8. The normalized spacial score (nSPS) is 12.6. The van der Waals surface area contributed by atoms with Crippen LogP contribution in [0.15, 0.2) is 22.7 Å². The Morgan fingerprint density at radius 1 is 1.30 bits per heavy atom. The molecule has 0 radical (unpaired) electrons. The van der Waals surface area contributed by atoms with E-state index < -0.39 is 0 Å². The van der Waals surface area contributed by atoms with Crippen LogP contribution >= 0.6 is 15.9 Å². The van der Waals surface area contributed by atoms with Gasteiger partial charge in [0.15, 0.2) is 0 Å². The third kappa shape index (κ3) is 6.79. The standard InChI is InChI=1S/C15H23BrFNO2/c1-3-18-14(6-7-20-9-8-19-2)10-12-4-5-13(16)11-15(12)17/h4-5,11,14,18H,3,6-10H2,1-2H3. The molecule has 20 heavy (non-hydrogen) atoms. The summed E-state index contributed by atoms with van der Waals surface area (Å²) < 4.78 is 25.0. The second kappa shape index (κ2) is 10.3. The molecule has 0 aliphatic carbocycles. The fourth-order valence-corrected chi connectivity index (χ4v) is 2.32. The molecule has 0 aliphatic rings. The van der Waals surface area contributed by atoms with Crippen molar-refractivity contribution in [1.82, 2.24) is 5.32 Å². The molecule has 1 rings (SSSR count). The number of hydrogen-bond donors (Lipinski definition) is 1. The van der Waals surface area contributed by atoms with E-state index in [1.165, 1.54) is 6.07 Å². The van der Waals surface area contributed by atoms with Crippen LogP contribution in [0.5, 0.6) is 0 Å². The molecule has 1 atom stereocenters. The van der Waals surface area contributed by atoms with Gasteiger partial charge in [-0.2, -0.15) is 0 Å². The van der Waals surface area contributed by atoms with Gasteiger partial charge in [0.05, 0.1) is 13.2 Å². The molecule has 1 aromatic carbocycles. The number of halogens is 2. The average molecular weight is 348 g/mol. The molecule has 1 unspecified atom stereocenters. The summed E-state index contributed by atoms with van der Waals surface area (Å²) in [4.78, 5) is 0. The average Bonchev–Trinajstić information content (AvgIpc) is 2.41. The first-order valence-corrected chi connectivity index (χ1v) is 7.70. The topological polar surface area (TPSA) is 30.5 Å². The summed E-state index contributed by atoms with van der Waals surface area (Å²) in [5.41, 5.74) is 0.732. The van der Waals surface area contributed by atoms with Crippen molar-refractivity contribution in [2.75, 3.05) is 33.5 Å². The molecular formula is C15H23BrFNO2. The Labute approximate surface area is 129 Å². The zero-order valence-electron chi connectivity index (χ0n) is 12.1. The molecule has 3 nitrogen and oxygen atoms in total. The molecule has 5 heteroatoms. The minimum atomic E-state index is -0.164. The zero-order valence-corrected chi connectivity index (χ0v) is 13.7. The molecule has 0 amide bonds. The maximum absolute atomic E-state index is 13.8. The Balaban J connectivity index is 2.45. The zero-order chi connectivity index (χ0) is 14.8. The first-order chi connectivity index (χ1) is 9.67. The molecule has 0 fully saturated rings. The minimum absolute atomic E-state index is 0.164. The second-order valence-corrected chi connectivity index (χ2v) is 5.50. The lowest BCUT2D eigenvalue weighted by Crippen LogP contribution is -2.32. The first-order valence-electron chi connectivity index (χ1n) is 6.91. The van der Waals surface area contributed by atoms with Gasteiger partial charge in [0.25, 0.3) is 0 Å². The van der Waals surface area contributed by atoms with Crippen molar-refractivity contribution in [1.29, 1.82) is 0 Å². The van der Waals surface area contributed by atoms with E-state index in [0.29, 0.717) is 26.2 Å². The van der Waals surface area contributed by atoms with Gasteiger partial charge in [0, 0.05) is 24.2 Å². The highest BCUT2D eigenvalue weighted by molar-refractivity contribution is 9.10. The Bertz CT molecular complexity index is 390. The molecule has 0 aromatic heterocycles. The van der Waals surface area contributed by atoms with Crippen LogP contribution in [0.2, 0.25) is 0 Å². The monoisotopic (exact) mass is 347 g/mol. The summed E-state index contributed by atoms with van der Waals surface area (Å²) in [6.07, 6.45) is 1.52. The van der Waals surface area contributed by atoms with Gasteiger partial charge in [-0.25, -0.2) is 4.39 Å². The highest BCUT2D eigenvalue weighted by Crippen LogP contribution is 2.17. The van der Waals surface area contributed by atoms with E-state index in [1.807, 2.05) is 12.1 Å². The summed E-state index contributed by atoms with van der Waals surface area (Å²) in [7, 11) is 1.65. The van der Waals surface area contributed by atoms with E-state index >= 15 is 0 Å². The highest BCUT2D eigenvalue weighted by Gasteiger charge is 2.11. The third-order valence-electron chi connectivity index (χ3n) is 3.02. The number of benzene rings is 1. The fraction of sp³-hybridized carbons (Fsp3) is 0.600. The number of likely N-dealkylation sites (N-methyl/N-ethyl adjacent to an activating group) is 1. The number of ether oxygens (including phenoxy) is 2. The molecular weight excluding hydrogens is 325 g/mol. The summed E-state index contributed by atoms with van der Waals surface area (Å²) in [5.74, 6) is -0.164. The Kier molecular flexibility index (Phi) is 9.02. The van der Waals surface area contributed by atoms with Crippen LogP contribution in [-0.2, 0) is 15.9 Å². The van der Waals surface area contributed by atoms with Gasteiger partial charge in [-0.05, 0) is 37.1 Å². The molecule has 0 saturated carbocycles. The van der Waals surface area contributed by atoms with E-state index in [9.17, 15) is 4.39 Å².